The highest BCUT2D eigenvalue weighted by Gasteiger charge is 2.85. The Morgan fingerprint density at radius 2 is 1.15 bits per heavy atom. The summed E-state index contributed by atoms with van der Waals surface area (Å²) in [6.45, 7) is 3.14. The first-order chi connectivity index (χ1) is 8.41. The Kier molecular flexibility index (Phi) is 5.99. The summed E-state index contributed by atoms with van der Waals surface area (Å²) in [5, 5.41) is -7.00. The van der Waals surface area contributed by atoms with Crippen LogP contribution in [0.2, 0.25) is 0 Å². The zero-order chi connectivity index (χ0) is 17.2. The van der Waals surface area contributed by atoms with Gasteiger partial charge in [-0.05, 0) is 6.20 Å². The smallest absolute Gasteiger partial charge is 0.405 e. The van der Waals surface area contributed by atoms with Crippen LogP contribution in [0.25, 0.3) is 0 Å². The van der Waals surface area contributed by atoms with Crippen molar-refractivity contribution in [1.82, 2.24) is 0 Å². The molecule has 0 aliphatic heterocycles. The first kappa shape index (κ1) is 21.1. The van der Waals surface area contributed by atoms with E-state index in [2.05, 4.69) is 12.3 Å². The van der Waals surface area contributed by atoms with Crippen molar-refractivity contribution in [2.75, 3.05) is 0 Å². The molecule has 0 rings (SSSR count). The maximum atomic E-state index is 12.2. The molecule has 4 nitrogen and oxygen atoms in total. The molecule has 0 fully saturated rings. The summed E-state index contributed by atoms with van der Waals surface area (Å²) < 4.78 is 134. The van der Waals surface area contributed by atoms with Gasteiger partial charge < -0.3 is 5.73 Å². The lowest BCUT2D eigenvalue weighted by Gasteiger charge is -2.31. The molecule has 0 aliphatic carbocycles. The molecule has 0 atom stereocenters. The van der Waals surface area contributed by atoms with Gasteiger partial charge in [-0.3, -0.25) is 4.55 Å². The van der Waals surface area contributed by atoms with Crippen LogP contribution in [0.4, 0.5) is 39.5 Å². The van der Waals surface area contributed by atoms with Gasteiger partial charge in [-0.15, -0.1) is 0 Å². The van der Waals surface area contributed by atoms with Crippen molar-refractivity contribution >= 4 is 10.1 Å². The summed E-state index contributed by atoms with van der Waals surface area (Å²) in [6.07, 6.45) is -5.88. The standard InChI is InChI=1S/C4HF9O3S.C2H5N/c5-1(6,3(9,10)11)2(7,8)4(12,13)17(14,15)16;1-2-3/h(H,14,15,16);2H,1,3H2. The molecule has 14 heteroatoms. The lowest BCUT2D eigenvalue weighted by atomic mass is 10.1. The molecule has 0 unspecified atom stereocenters. The average molecular weight is 343 g/mol. The Balaban J connectivity index is 0. The minimum atomic E-state index is -7.37. The molecule has 0 bridgehead atoms. The van der Waals surface area contributed by atoms with Crippen molar-refractivity contribution in [2.45, 2.75) is 23.3 Å². The number of hydrogen-bond donors (Lipinski definition) is 2. The Morgan fingerprint density at radius 1 is 0.900 bits per heavy atom. The van der Waals surface area contributed by atoms with E-state index in [1.807, 2.05) is 0 Å². The normalized spacial score (nSPS) is 14.3. The second kappa shape index (κ2) is 5.67. The van der Waals surface area contributed by atoms with E-state index in [0.29, 0.717) is 0 Å². The van der Waals surface area contributed by atoms with E-state index in [1.165, 1.54) is 6.20 Å². The second-order valence-corrected chi connectivity index (χ2v) is 4.34. The van der Waals surface area contributed by atoms with Crippen LogP contribution in [0, 0.1) is 0 Å². The molecule has 0 amide bonds. The second-order valence-electron chi connectivity index (χ2n) is 2.87. The third-order valence-electron chi connectivity index (χ3n) is 1.44. The summed E-state index contributed by atoms with van der Waals surface area (Å²) in [7, 11) is -7.17. The molecule has 0 saturated carbocycles. The van der Waals surface area contributed by atoms with Crippen LogP contribution in [0.1, 0.15) is 0 Å². The van der Waals surface area contributed by atoms with Crippen molar-refractivity contribution in [3.05, 3.63) is 12.8 Å². The van der Waals surface area contributed by atoms with E-state index in [0.717, 1.165) is 0 Å². The van der Waals surface area contributed by atoms with Crippen LogP contribution in [0.15, 0.2) is 12.8 Å². The van der Waals surface area contributed by atoms with E-state index in [4.69, 9.17) is 4.55 Å². The first-order valence-electron chi connectivity index (χ1n) is 3.91. The lowest BCUT2D eigenvalue weighted by molar-refractivity contribution is -0.382. The lowest BCUT2D eigenvalue weighted by Crippen LogP contribution is -2.63. The van der Waals surface area contributed by atoms with Gasteiger partial charge in [-0.1, -0.05) is 6.58 Å². The molecular weight excluding hydrogens is 337 g/mol. The first-order valence-corrected chi connectivity index (χ1v) is 5.35. The predicted octanol–water partition coefficient (Wildman–Crippen LogP) is 2.39. The van der Waals surface area contributed by atoms with Crippen LogP contribution in [-0.2, 0) is 10.1 Å². The van der Waals surface area contributed by atoms with E-state index >= 15 is 0 Å². The third-order valence-corrected chi connectivity index (χ3v) is 2.34. The monoisotopic (exact) mass is 343 g/mol. The zero-order valence-electron chi connectivity index (χ0n) is 8.94. The Bertz CT molecular complexity index is 441. The van der Waals surface area contributed by atoms with Crippen LogP contribution in [-0.4, -0.2) is 36.2 Å². The van der Waals surface area contributed by atoms with Crippen molar-refractivity contribution in [3.63, 3.8) is 0 Å². The fourth-order valence-corrected chi connectivity index (χ4v) is 0.975. The van der Waals surface area contributed by atoms with Crippen molar-refractivity contribution < 1.29 is 52.5 Å². The summed E-state index contributed by atoms with van der Waals surface area (Å²) in [6, 6.07) is 0. The summed E-state index contributed by atoms with van der Waals surface area (Å²) in [5.41, 5.74) is 4.61. The number of nitrogens with two attached hydrogens (primary N) is 1. The highest BCUT2D eigenvalue weighted by atomic mass is 32.2. The van der Waals surface area contributed by atoms with Gasteiger partial charge in [-0.25, -0.2) is 0 Å². The largest absolute Gasteiger partial charge is 0.460 e. The maximum absolute atomic E-state index is 12.2. The van der Waals surface area contributed by atoms with Crippen LogP contribution in [0.3, 0.4) is 0 Å². The summed E-state index contributed by atoms with van der Waals surface area (Å²) in [5.74, 6) is -14.7. The van der Waals surface area contributed by atoms with Gasteiger partial charge in [-0.2, -0.15) is 47.9 Å². The Morgan fingerprint density at radius 3 is 1.30 bits per heavy atom. The van der Waals surface area contributed by atoms with E-state index < -0.39 is 33.4 Å². The van der Waals surface area contributed by atoms with E-state index in [-0.39, 0.29) is 0 Å². The molecular formula is C6H6F9NO3S. The van der Waals surface area contributed by atoms with Crippen molar-refractivity contribution in [1.29, 1.82) is 0 Å². The van der Waals surface area contributed by atoms with Gasteiger partial charge in [0.05, 0.1) is 0 Å². The quantitative estimate of drug-likeness (QED) is 0.609. The van der Waals surface area contributed by atoms with Crippen LogP contribution >= 0.6 is 0 Å². The molecule has 0 aliphatic rings. The van der Waals surface area contributed by atoms with Crippen molar-refractivity contribution in [2.24, 2.45) is 5.73 Å². The fraction of sp³-hybridized carbons (Fsp3) is 0.667. The van der Waals surface area contributed by atoms with E-state index in [9.17, 15) is 47.9 Å². The average Bonchev–Trinajstić information content (AvgIpc) is 2.14. The number of hydrogen-bond acceptors (Lipinski definition) is 3. The topological polar surface area (TPSA) is 80.4 Å². The third kappa shape index (κ3) is 3.47. The molecule has 0 radical (unpaired) electrons. The molecule has 0 heterocycles. The minimum Gasteiger partial charge on any atom is -0.405 e. The molecule has 0 aromatic heterocycles. The molecule has 3 N–H and O–H groups in total. The van der Waals surface area contributed by atoms with Crippen molar-refractivity contribution in [3.8, 4) is 0 Å². The van der Waals surface area contributed by atoms with Gasteiger partial charge in [0.15, 0.2) is 0 Å². The van der Waals surface area contributed by atoms with Gasteiger partial charge in [0.25, 0.3) is 0 Å². The molecule has 0 saturated heterocycles. The SMILES string of the molecule is C=CN.O=S(=O)(O)C(F)(F)C(F)(F)C(F)(F)C(F)(F)F. The predicted molar refractivity (Wildman–Crippen MR) is 46.8 cm³/mol. The van der Waals surface area contributed by atoms with Gasteiger partial charge in [0.2, 0.25) is 0 Å². The Labute approximate surface area is 105 Å². The fourth-order valence-electron chi connectivity index (χ4n) is 0.523. The van der Waals surface area contributed by atoms with Crippen LogP contribution in [0.5, 0.6) is 0 Å². The zero-order valence-corrected chi connectivity index (χ0v) is 9.75. The van der Waals surface area contributed by atoms with Gasteiger partial charge >= 0.3 is 33.4 Å². The summed E-state index contributed by atoms with van der Waals surface area (Å²) >= 11 is 0. The van der Waals surface area contributed by atoms with Gasteiger partial charge in [0, 0.05) is 0 Å². The number of rotatable bonds is 3. The molecule has 0 spiro atoms. The number of alkyl halides is 9. The Hall–Kier alpha value is -1.18. The van der Waals surface area contributed by atoms with Gasteiger partial charge in [0.1, 0.15) is 0 Å². The molecule has 0 aromatic carbocycles. The highest BCUT2D eigenvalue weighted by molar-refractivity contribution is 7.87. The molecule has 0 aromatic rings. The molecule has 20 heavy (non-hydrogen) atoms. The number of halogens is 9. The summed E-state index contributed by atoms with van der Waals surface area (Å²) in [4.78, 5) is 0. The minimum absolute atomic E-state index is 1.25. The van der Waals surface area contributed by atoms with Crippen LogP contribution < -0.4 is 5.73 Å². The molecule has 122 valence electrons. The highest BCUT2D eigenvalue weighted by Crippen LogP contribution is 2.54. The van der Waals surface area contributed by atoms with E-state index in [1.54, 1.807) is 0 Å². The maximum Gasteiger partial charge on any atom is 0.460 e.